The molecule has 18 heavy (non-hydrogen) atoms. The van der Waals surface area contributed by atoms with Crippen LogP contribution in [-0.2, 0) is 16.0 Å². The number of nitrogens with two attached hydrogens (primary N) is 1. The largest absolute Gasteiger partial charge is 0.481 e. The molecule has 1 rings (SSSR count). The molecule has 0 aliphatic rings. The van der Waals surface area contributed by atoms with E-state index in [0.717, 1.165) is 0 Å². The molecular weight excluding hydrogens is 232 g/mol. The normalized spacial score (nSPS) is 11.1. The number of nitrogens with one attached hydrogen (secondary N) is 1. The summed E-state index contributed by atoms with van der Waals surface area (Å²) in [5, 5.41) is 11.4. The van der Waals surface area contributed by atoms with Gasteiger partial charge in [-0.05, 0) is 31.5 Å². The van der Waals surface area contributed by atoms with E-state index in [1.165, 1.54) is 0 Å². The molecule has 5 heteroatoms. The van der Waals surface area contributed by atoms with Gasteiger partial charge in [-0.2, -0.15) is 0 Å². The minimum Gasteiger partial charge on any atom is -0.481 e. The van der Waals surface area contributed by atoms with Crippen LogP contribution in [0.3, 0.4) is 0 Å². The van der Waals surface area contributed by atoms with Crippen molar-refractivity contribution in [2.24, 2.45) is 11.1 Å². The third-order valence-corrected chi connectivity index (χ3v) is 2.67. The topological polar surface area (TPSA) is 92.4 Å². The summed E-state index contributed by atoms with van der Waals surface area (Å²) in [4.78, 5) is 22.5. The predicted octanol–water partition coefficient (Wildman–Crippen LogP) is 1.24. The highest BCUT2D eigenvalue weighted by Crippen LogP contribution is 2.18. The Hall–Kier alpha value is -1.88. The Labute approximate surface area is 106 Å². The minimum atomic E-state index is -0.902. The SMILES string of the molecule is CC(C)(CN)C(=O)Nc1cccc(CC(=O)O)c1. The summed E-state index contributed by atoms with van der Waals surface area (Å²) in [5.74, 6) is -1.08. The maximum Gasteiger partial charge on any atom is 0.307 e. The van der Waals surface area contributed by atoms with Crippen LogP contribution in [0.4, 0.5) is 5.69 Å². The highest BCUT2D eigenvalue weighted by Gasteiger charge is 2.25. The molecule has 0 aliphatic heterocycles. The number of aliphatic carboxylic acids is 1. The van der Waals surface area contributed by atoms with Crippen LogP contribution < -0.4 is 11.1 Å². The van der Waals surface area contributed by atoms with Gasteiger partial charge in [0.1, 0.15) is 0 Å². The van der Waals surface area contributed by atoms with Gasteiger partial charge >= 0.3 is 5.97 Å². The molecule has 98 valence electrons. The van der Waals surface area contributed by atoms with E-state index in [9.17, 15) is 9.59 Å². The fourth-order valence-corrected chi connectivity index (χ4v) is 1.33. The van der Waals surface area contributed by atoms with E-state index < -0.39 is 11.4 Å². The van der Waals surface area contributed by atoms with Crippen molar-refractivity contribution in [1.82, 2.24) is 0 Å². The molecule has 5 nitrogen and oxygen atoms in total. The zero-order valence-corrected chi connectivity index (χ0v) is 10.6. The van der Waals surface area contributed by atoms with Gasteiger partial charge in [0.15, 0.2) is 0 Å². The zero-order valence-electron chi connectivity index (χ0n) is 10.6. The molecule has 1 amide bonds. The molecule has 0 saturated carbocycles. The molecule has 0 aliphatic carbocycles. The monoisotopic (exact) mass is 250 g/mol. The Morgan fingerprint density at radius 1 is 1.39 bits per heavy atom. The summed E-state index contributed by atoms with van der Waals surface area (Å²) >= 11 is 0. The summed E-state index contributed by atoms with van der Waals surface area (Å²) in [7, 11) is 0. The molecule has 1 aromatic rings. The van der Waals surface area contributed by atoms with Crippen molar-refractivity contribution in [3.05, 3.63) is 29.8 Å². The van der Waals surface area contributed by atoms with Gasteiger partial charge in [-0.25, -0.2) is 0 Å². The van der Waals surface area contributed by atoms with Crippen molar-refractivity contribution in [2.45, 2.75) is 20.3 Å². The van der Waals surface area contributed by atoms with E-state index in [4.69, 9.17) is 10.8 Å². The second-order valence-corrected chi connectivity index (χ2v) is 4.81. The lowest BCUT2D eigenvalue weighted by Gasteiger charge is -2.21. The number of rotatable bonds is 5. The molecule has 0 fully saturated rings. The van der Waals surface area contributed by atoms with Crippen molar-refractivity contribution in [2.75, 3.05) is 11.9 Å². The molecule has 0 radical (unpaired) electrons. The van der Waals surface area contributed by atoms with Crippen LogP contribution in [0.1, 0.15) is 19.4 Å². The molecule has 1 aromatic carbocycles. The van der Waals surface area contributed by atoms with Gasteiger partial charge in [-0.15, -0.1) is 0 Å². The number of hydrogen-bond donors (Lipinski definition) is 3. The average molecular weight is 250 g/mol. The number of carbonyl (C=O) groups excluding carboxylic acids is 1. The molecular formula is C13H18N2O3. The fraction of sp³-hybridized carbons (Fsp3) is 0.385. The van der Waals surface area contributed by atoms with Crippen LogP contribution in [0, 0.1) is 5.41 Å². The molecule has 0 heterocycles. The Bertz CT molecular complexity index is 455. The van der Waals surface area contributed by atoms with E-state index in [0.29, 0.717) is 11.3 Å². The standard InChI is InChI=1S/C13H18N2O3/c1-13(2,8-14)12(18)15-10-5-3-4-9(6-10)7-11(16)17/h3-6H,7-8,14H2,1-2H3,(H,15,18)(H,16,17). The number of carboxylic acid groups (broad SMARTS) is 1. The van der Waals surface area contributed by atoms with Crippen LogP contribution in [0.15, 0.2) is 24.3 Å². The van der Waals surface area contributed by atoms with Gasteiger partial charge in [-0.1, -0.05) is 12.1 Å². The average Bonchev–Trinajstić information content (AvgIpc) is 2.28. The van der Waals surface area contributed by atoms with Crippen molar-refractivity contribution >= 4 is 17.6 Å². The van der Waals surface area contributed by atoms with Crippen LogP contribution in [-0.4, -0.2) is 23.5 Å². The van der Waals surface area contributed by atoms with Crippen LogP contribution in [0.5, 0.6) is 0 Å². The lowest BCUT2D eigenvalue weighted by molar-refractivity contribution is -0.136. The molecule has 0 unspecified atom stereocenters. The van der Waals surface area contributed by atoms with E-state index >= 15 is 0 Å². The van der Waals surface area contributed by atoms with Gasteiger partial charge in [0.25, 0.3) is 0 Å². The summed E-state index contributed by atoms with van der Waals surface area (Å²) in [6.45, 7) is 3.75. The lowest BCUT2D eigenvalue weighted by Crippen LogP contribution is -2.37. The first-order valence-corrected chi connectivity index (χ1v) is 5.67. The second-order valence-electron chi connectivity index (χ2n) is 4.81. The lowest BCUT2D eigenvalue weighted by atomic mass is 9.92. The number of hydrogen-bond acceptors (Lipinski definition) is 3. The highest BCUT2D eigenvalue weighted by molar-refractivity contribution is 5.95. The number of benzene rings is 1. The first-order chi connectivity index (χ1) is 8.35. The molecule has 0 atom stereocenters. The Balaban J connectivity index is 2.79. The van der Waals surface area contributed by atoms with Crippen molar-refractivity contribution in [3.8, 4) is 0 Å². The fourth-order valence-electron chi connectivity index (χ4n) is 1.33. The van der Waals surface area contributed by atoms with Gasteiger partial charge in [0.2, 0.25) is 5.91 Å². The summed E-state index contributed by atoms with van der Waals surface area (Å²) in [5.41, 5.74) is 6.10. The number of carbonyl (C=O) groups is 2. The second kappa shape index (κ2) is 5.64. The third-order valence-electron chi connectivity index (χ3n) is 2.67. The number of anilines is 1. The summed E-state index contributed by atoms with van der Waals surface area (Å²) < 4.78 is 0. The highest BCUT2D eigenvalue weighted by atomic mass is 16.4. The summed E-state index contributed by atoms with van der Waals surface area (Å²) in [6.07, 6.45) is -0.0655. The van der Waals surface area contributed by atoms with Crippen LogP contribution in [0.25, 0.3) is 0 Å². The Morgan fingerprint density at radius 3 is 2.61 bits per heavy atom. The Kier molecular flexibility index (Phi) is 4.44. The quantitative estimate of drug-likeness (QED) is 0.733. The molecule has 0 bridgehead atoms. The van der Waals surface area contributed by atoms with E-state index in [1.54, 1.807) is 38.1 Å². The third kappa shape index (κ3) is 3.85. The van der Waals surface area contributed by atoms with Crippen LogP contribution in [0.2, 0.25) is 0 Å². The van der Waals surface area contributed by atoms with E-state index in [2.05, 4.69) is 5.32 Å². The number of amides is 1. The predicted molar refractivity (Wildman–Crippen MR) is 69.2 cm³/mol. The number of carboxylic acids is 1. The molecule has 0 saturated heterocycles. The molecule has 4 N–H and O–H groups in total. The van der Waals surface area contributed by atoms with Crippen molar-refractivity contribution in [1.29, 1.82) is 0 Å². The first kappa shape index (κ1) is 14.2. The summed E-state index contributed by atoms with van der Waals surface area (Å²) in [6, 6.07) is 6.79. The van der Waals surface area contributed by atoms with Gasteiger partial charge in [0, 0.05) is 12.2 Å². The van der Waals surface area contributed by atoms with E-state index in [1.807, 2.05) is 0 Å². The molecule has 0 spiro atoms. The Morgan fingerprint density at radius 2 is 2.06 bits per heavy atom. The van der Waals surface area contributed by atoms with Crippen molar-refractivity contribution in [3.63, 3.8) is 0 Å². The van der Waals surface area contributed by atoms with Gasteiger partial charge in [-0.3, -0.25) is 9.59 Å². The maximum absolute atomic E-state index is 11.9. The molecule has 0 aromatic heterocycles. The van der Waals surface area contributed by atoms with Gasteiger partial charge in [0.05, 0.1) is 11.8 Å². The van der Waals surface area contributed by atoms with Crippen molar-refractivity contribution < 1.29 is 14.7 Å². The van der Waals surface area contributed by atoms with Gasteiger partial charge < -0.3 is 16.2 Å². The first-order valence-electron chi connectivity index (χ1n) is 5.67. The van der Waals surface area contributed by atoms with Crippen LogP contribution >= 0.6 is 0 Å². The minimum absolute atomic E-state index is 0.0655. The maximum atomic E-state index is 11.9. The smallest absolute Gasteiger partial charge is 0.307 e. The zero-order chi connectivity index (χ0) is 13.8. The van der Waals surface area contributed by atoms with E-state index in [-0.39, 0.29) is 18.9 Å².